The molecule has 1 saturated carbocycles. The van der Waals surface area contributed by atoms with Crippen LogP contribution in [0.3, 0.4) is 0 Å². The number of fused-ring (bicyclic) bond motifs is 1. The number of rotatable bonds is 1. The Labute approximate surface area is 120 Å². The van der Waals surface area contributed by atoms with Crippen LogP contribution < -0.4 is 11.1 Å². The van der Waals surface area contributed by atoms with Gasteiger partial charge in [0.25, 0.3) is 0 Å². The molecule has 3 aliphatic rings. The van der Waals surface area contributed by atoms with Crippen LogP contribution in [0.25, 0.3) is 0 Å². The summed E-state index contributed by atoms with van der Waals surface area (Å²) < 4.78 is 0. The SMILES string of the molecule is CC1CCCC(C(=O)N2CCCC3C(=O)NCC32)C1N. The summed E-state index contributed by atoms with van der Waals surface area (Å²) in [4.78, 5) is 26.6. The van der Waals surface area contributed by atoms with Crippen molar-refractivity contribution in [3.05, 3.63) is 0 Å². The van der Waals surface area contributed by atoms with Crippen LogP contribution in [0.15, 0.2) is 0 Å². The molecule has 2 saturated heterocycles. The second-order valence-corrected chi connectivity index (χ2v) is 6.68. The summed E-state index contributed by atoms with van der Waals surface area (Å²) in [5.41, 5.74) is 6.26. The molecule has 3 N–H and O–H groups in total. The van der Waals surface area contributed by atoms with E-state index >= 15 is 0 Å². The maximum Gasteiger partial charge on any atom is 0.227 e. The lowest BCUT2D eigenvalue weighted by Gasteiger charge is -2.41. The van der Waals surface area contributed by atoms with Crippen LogP contribution in [0, 0.1) is 17.8 Å². The molecule has 2 aliphatic heterocycles. The zero-order valence-electron chi connectivity index (χ0n) is 12.2. The third kappa shape index (κ3) is 2.22. The van der Waals surface area contributed by atoms with Gasteiger partial charge in [0.1, 0.15) is 0 Å². The lowest BCUT2D eigenvalue weighted by atomic mass is 9.77. The maximum atomic E-state index is 12.9. The Bertz CT molecular complexity index is 412. The number of hydrogen-bond acceptors (Lipinski definition) is 3. The zero-order valence-corrected chi connectivity index (χ0v) is 12.2. The van der Waals surface area contributed by atoms with Gasteiger partial charge in [-0.2, -0.15) is 0 Å². The van der Waals surface area contributed by atoms with E-state index in [-0.39, 0.29) is 35.7 Å². The molecular weight excluding hydrogens is 254 g/mol. The molecule has 0 aromatic heterocycles. The molecule has 2 heterocycles. The molecule has 3 rings (SSSR count). The molecule has 2 amide bonds. The topological polar surface area (TPSA) is 75.4 Å². The Hall–Kier alpha value is -1.10. The smallest absolute Gasteiger partial charge is 0.227 e. The highest BCUT2D eigenvalue weighted by molar-refractivity contribution is 5.85. The number of nitrogens with two attached hydrogens (primary N) is 1. The van der Waals surface area contributed by atoms with Gasteiger partial charge in [-0.15, -0.1) is 0 Å². The van der Waals surface area contributed by atoms with E-state index in [0.717, 1.165) is 38.6 Å². The minimum atomic E-state index is -0.0480. The fraction of sp³-hybridized carbons (Fsp3) is 0.867. The van der Waals surface area contributed by atoms with Gasteiger partial charge in [-0.05, 0) is 31.6 Å². The van der Waals surface area contributed by atoms with Gasteiger partial charge >= 0.3 is 0 Å². The Morgan fingerprint density at radius 3 is 2.90 bits per heavy atom. The van der Waals surface area contributed by atoms with Crippen LogP contribution in [0.5, 0.6) is 0 Å². The van der Waals surface area contributed by atoms with Crippen molar-refractivity contribution >= 4 is 11.8 Å². The molecule has 5 unspecified atom stereocenters. The average Bonchev–Trinajstić information content (AvgIpc) is 2.83. The molecule has 20 heavy (non-hydrogen) atoms. The van der Waals surface area contributed by atoms with Gasteiger partial charge in [0.05, 0.1) is 17.9 Å². The van der Waals surface area contributed by atoms with Gasteiger partial charge in [0, 0.05) is 19.1 Å². The lowest BCUT2D eigenvalue weighted by molar-refractivity contribution is -0.143. The summed E-state index contributed by atoms with van der Waals surface area (Å²) in [5, 5.41) is 2.91. The number of likely N-dealkylation sites (tertiary alicyclic amines) is 1. The van der Waals surface area contributed by atoms with E-state index in [1.54, 1.807) is 0 Å². The minimum absolute atomic E-state index is 0.00457. The predicted molar refractivity (Wildman–Crippen MR) is 75.7 cm³/mol. The third-order valence-electron chi connectivity index (χ3n) is 5.50. The Morgan fingerprint density at radius 1 is 1.30 bits per heavy atom. The minimum Gasteiger partial charge on any atom is -0.354 e. The number of piperidine rings is 1. The van der Waals surface area contributed by atoms with Crippen LogP contribution in [0.1, 0.15) is 39.0 Å². The molecule has 0 radical (unpaired) electrons. The largest absolute Gasteiger partial charge is 0.354 e. The normalized spacial score (nSPS) is 41.2. The van der Waals surface area contributed by atoms with E-state index in [2.05, 4.69) is 12.2 Å². The predicted octanol–water partition coefficient (Wildman–Crippen LogP) is 0.487. The first-order chi connectivity index (χ1) is 9.59. The van der Waals surface area contributed by atoms with Gasteiger partial charge in [-0.3, -0.25) is 9.59 Å². The summed E-state index contributed by atoms with van der Waals surface area (Å²) in [6, 6.07) is 0.0369. The van der Waals surface area contributed by atoms with Crippen molar-refractivity contribution in [1.29, 1.82) is 0 Å². The second-order valence-electron chi connectivity index (χ2n) is 6.68. The highest BCUT2D eigenvalue weighted by Crippen LogP contribution is 2.33. The molecule has 3 fully saturated rings. The van der Waals surface area contributed by atoms with Crippen LogP contribution in [0.4, 0.5) is 0 Å². The van der Waals surface area contributed by atoms with Crippen molar-refractivity contribution in [2.45, 2.75) is 51.1 Å². The lowest BCUT2D eigenvalue weighted by Crippen LogP contribution is -2.55. The number of hydrogen-bond donors (Lipinski definition) is 2. The van der Waals surface area contributed by atoms with E-state index < -0.39 is 0 Å². The summed E-state index contributed by atoms with van der Waals surface area (Å²) >= 11 is 0. The summed E-state index contributed by atoms with van der Waals surface area (Å²) in [6.45, 7) is 3.54. The van der Waals surface area contributed by atoms with E-state index in [0.29, 0.717) is 12.5 Å². The van der Waals surface area contributed by atoms with Gasteiger partial charge in [0.2, 0.25) is 11.8 Å². The average molecular weight is 279 g/mol. The van der Waals surface area contributed by atoms with Gasteiger partial charge in [0.15, 0.2) is 0 Å². The Kier molecular flexibility index (Phi) is 3.71. The van der Waals surface area contributed by atoms with Crippen LogP contribution in [0.2, 0.25) is 0 Å². The van der Waals surface area contributed by atoms with E-state index in [9.17, 15) is 9.59 Å². The molecule has 1 aliphatic carbocycles. The fourth-order valence-corrected chi connectivity index (χ4v) is 4.17. The van der Waals surface area contributed by atoms with Gasteiger partial charge in [-0.1, -0.05) is 13.3 Å². The maximum absolute atomic E-state index is 12.9. The number of amides is 2. The number of carbonyl (C=O) groups excluding carboxylic acids is 2. The quantitative estimate of drug-likeness (QED) is 0.733. The van der Waals surface area contributed by atoms with Crippen molar-refractivity contribution in [3.8, 4) is 0 Å². The Balaban J connectivity index is 1.74. The molecule has 0 spiro atoms. The van der Waals surface area contributed by atoms with Crippen LogP contribution in [-0.2, 0) is 9.59 Å². The van der Waals surface area contributed by atoms with Gasteiger partial charge < -0.3 is 16.0 Å². The highest BCUT2D eigenvalue weighted by atomic mass is 16.2. The highest BCUT2D eigenvalue weighted by Gasteiger charge is 2.45. The van der Waals surface area contributed by atoms with Crippen molar-refractivity contribution in [3.63, 3.8) is 0 Å². The van der Waals surface area contributed by atoms with E-state index in [1.165, 1.54) is 0 Å². The first-order valence-electron chi connectivity index (χ1n) is 7.93. The first-order valence-corrected chi connectivity index (χ1v) is 7.93. The summed E-state index contributed by atoms with van der Waals surface area (Å²) in [7, 11) is 0. The molecule has 5 nitrogen and oxygen atoms in total. The first kappa shape index (κ1) is 13.9. The summed E-state index contributed by atoms with van der Waals surface area (Å²) in [6.07, 6.45) is 4.95. The molecule has 5 heteroatoms. The molecular formula is C15H25N3O2. The molecule has 0 bridgehead atoms. The van der Waals surface area contributed by atoms with Gasteiger partial charge in [-0.25, -0.2) is 0 Å². The van der Waals surface area contributed by atoms with Crippen LogP contribution >= 0.6 is 0 Å². The number of carbonyl (C=O) groups is 2. The Morgan fingerprint density at radius 2 is 2.10 bits per heavy atom. The third-order valence-corrected chi connectivity index (χ3v) is 5.50. The molecule has 0 aromatic carbocycles. The van der Waals surface area contributed by atoms with E-state index in [1.807, 2.05) is 4.90 Å². The van der Waals surface area contributed by atoms with Crippen molar-refractivity contribution in [2.24, 2.45) is 23.5 Å². The standard InChI is InChI=1S/C15H25N3O2/c1-9-4-2-5-11(13(9)16)15(20)18-7-3-6-10-12(18)8-17-14(10)19/h9-13H,2-8,16H2,1H3,(H,17,19). The van der Waals surface area contributed by atoms with E-state index in [4.69, 9.17) is 5.73 Å². The zero-order chi connectivity index (χ0) is 14.3. The molecule has 112 valence electrons. The fourth-order valence-electron chi connectivity index (χ4n) is 4.17. The second kappa shape index (κ2) is 5.35. The number of nitrogens with one attached hydrogen (secondary N) is 1. The number of nitrogens with zero attached hydrogens (tertiary/aromatic N) is 1. The molecule has 5 atom stereocenters. The van der Waals surface area contributed by atoms with Crippen molar-refractivity contribution < 1.29 is 9.59 Å². The summed E-state index contributed by atoms with van der Waals surface area (Å²) in [5.74, 6) is 0.684. The van der Waals surface area contributed by atoms with Crippen molar-refractivity contribution in [2.75, 3.05) is 13.1 Å². The molecule has 0 aromatic rings. The van der Waals surface area contributed by atoms with Crippen LogP contribution in [-0.4, -0.2) is 41.9 Å². The van der Waals surface area contributed by atoms with Crippen molar-refractivity contribution in [1.82, 2.24) is 10.2 Å². The monoisotopic (exact) mass is 279 g/mol.